The number of ether oxygens (including phenoxy) is 1. The van der Waals surface area contributed by atoms with E-state index in [4.69, 9.17) is 4.74 Å². The van der Waals surface area contributed by atoms with Crippen LogP contribution in [0.1, 0.15) is 37.3 Å². The number of nitrogens with one attached hydrogen (secondary N) is 1. The highest BCUT2D eigenvalue weighted by atomic mass is 19.1. The van der Waals surface area contributed by atoms with E-state index in [0.29, 0.717) is 13.1 Å². The predicted molar refractivity (Wildman–Crippen MR) is 106 cm³/mol. The van der Waals surface area contributed by atoms with E-state index in [2.05, 4.69) is 48.6 Å². The summed E-state index contributed by atoms with van der Waals surface area (Å²) in [4.78, 5) is 0. The second-order valence-electron chi connectivity index (χ2n) is 6.55. The topological polar surface area (TPSA) is 21.3 Å². The average Bonchev–Trinajstić information content (AvgIpc) is 2.67. The van der Waals surface area contributed by atoms with Gasteiger partial charge < -0.3 is 10.1 Å². The quantitative estimate of drug-likeness (QED) is 0.489. The van der Waals surface area contributed by atoms with Crippen LogP contribution in [0.25, 0.3) is 10.8 Å². The number of fused-ring (bicyclic) bond motifs is 1. The Morgan fingerprint density at radius 3 is 2.50 bits per heavy atom. The van der Waals surface area contributed by atoms with Crippen molar-refractivity contribution in [1.29, 1.82) is 0 Å². The second-order valence-corrected chi connectivity index (χ2v) is 6.55. The van der Waals surface area contributed by atoms with Crippen molar-refractivity contribution < 1.29 is 9.13 Å². The standard InChI is InChI=1S/C23H26FNO/c1-2-3-6-15-26-23-14-11-19-7-4-5-8-21(19)22(23)17-25-16-18-9-12-20(24)13-10-18/h4-5,7-14,25H,2-3,6,15-17H2,1H3. The van der Waals surface area contributed by atoms with Crippen LogP contribution in [0.5, 0.6) is 5.75 Å². The maximum Gasteiger partial charge on any atom is 0.124 e. The number of rotatable bonds is 9. The van der Waals surface area contributed by atoms with Crippen molar-refractivity contribution in [1.82, 2.24) is 5.32 Å². The highest BCUT2D eigenvalue weighted by molar-refractivity contribution is 5.87. The van der Waals surface area contributed by atoms with E-state index in [-0.39, 0.29) is 5.82 Å². The van der Waals surface area contributed by atoms with Gasteiger partial charge in [0.15, 0.2) is 0 Å². The summed E-state index contributed by atoms with van der Waals surface area (Å²) in [5.41, 5.74) is 2.25. The summed E-state index contributed by atoms with van der Waals surface area (Å²) in [6.45, 7) is 4.35. The van der Waals surface area contributed by atoms with E-state index in [1.54, 1.807) is 0 Å². The molecular weight excluding hydrogens is 325 g/mol. The van der Waals surface area contributed by atoms with Crippen molar-refractivity contribution in [2.24, 2.45) is 0 Å². The highest BCUT2D eigenvalue weighted by Crippen LogP contribution is 2.28. The van der Waals surface area contributed by atoms with Crippen molar-refractivity contribution >= 4 is 10.8 Å². The summed E-state index contributed by atoms with van der Waals surface area (Å²) >= 11 is 0. The Labute approximate surface area is 155 Å². The zero-order valence-corrected chi connectivity index (χ0v) is 15.3. The van der Waals surface area contributed by atoms with Crippen LogP contribution in [0.4, 0.5) is 4.39 Å². The Morgan fingerprint density at radius 2 is 1.69 bits per heavy atom. The molecule has 0 saturated carbocycles. The molecule has 3 aromatic carbocycles. The first-order valence-electron chi connectivity index (χ1n) is 9.36. The van der Waals surface area contributed by atoms with Gasteiger partial charge >= 0.3 is 0 Å². The van der Waals surface area contributed by atoms with Crippen LogP contribution < -0.4 is 10.1 Å². The molecule has 0 saturated heterocycles. The molecule has 0 unspecified atom stereocenters. The fourth-order valence-electron chi connectivity index (χ4n) is 3.10. The summed E-state index contributed by atoms with van der Waals surface area (Å²) in [5.74, 6) is 0.747. The average molecular weight is 351 g/mol. The lowest BCUT2D eigenvalue weighted by Crippen LogP contribution is -2.14. The molecule has 0 aromatic heterocycles. The molecule has 0 bridgehead atoms. The normalized spacial score (nSPS) is 11.0. The van der Waals surface area contributed by atoms with Gasteiger partial charge in [-0.05, 0) is 41.0 Å². The van der Waals surface area contributed by atoms with E-state index < -0.39 is 0 Å². The minimum absolute atomic E-state index is 0.203. The van der Waals surface area contributed by atoms with Gasteiger partial charge in [-0.15, -0.1) is 0 Å². The van der Waals surface area contributed by atoms with Gasteiger partial charge in [-0.1, -0.05) is 62.2 Å². The zero-order valence-electron chi connectivity index (χ0n) is 15.3. The Bertz CT molecular complexity index is 829. The SMILES string of the molecule is CCCCCOc1ccc2ccccc2c1CNCc1ccc(F)cc1. The molecule has 0 amide bonds. The Morgan fingerprint density at radius 1 is 0.885 bits per heavy atom. The van der Waals surface area contributed by atoms with Crippen LogP contribution in [0, 0.1) is 5.82 Å². The molecule has 0 aliphatic rings. The van der Waals surface area contributed by atoms with Gasteiger partial charge in [-0.2, -0.15) is 0 Å². The lowest BCUT2D eigenvalue weighted by Gasteiger charge is -2.15. The van der Waals surface area contributed by atoms with Gasteiger partial charge in [0.25, 0.3) is 0 Å². The van der Waals surface area contributed by atoms with E-state index in [9.17, 15) is 4.39 Å². The maximum absolute atomic E-state index is 13.0. The largest absolute Gasteiger partial charge is 0.493 e. The molecular formula is C23H26FNO. The molecule has 0 atom stereocenters. The van der Waals surface area contributed by atoms with Crippen LogP contribution in [0.2, 0.25) is 0 Å². The minimum Gasteiger partial charge on any atom is -0.493 e. The number of benzene rings is 3. The lowest BCUT2D eigenvalue weighted by atomic mass is 10.0. The predicted octanol–water partition coefficient (Wildman–Crippen LogP) is 5.84. The van der Waals surface area contributed by atoms with Crippen molar-refractivity contribution in [2.75, 3.05) is 6.61 Å². The molecule has 0 fully saturated rings. The molecule has 0 radical (unpaired) electrons. The molecule has 3 aromatic rings. The third-order valence-electron chi connectivity index (χ3n) is 4.55. The highest BCUT2D eigenvalue weighted by Gasteiger charge is 2.09. The van der Waals surface area contributed by atoms with Gasteiger partial charge in [0.1, 0.15) is 11.6 Å². The van der Waals surface area contributed by atoms with Gasteiger partial charge in [0.05, 0.1) is 6.61 Å². The van der Waals surface area contributed by atoms with Gasteiger partial charge in [0, 0.05) is 18.7 Å². The van der Waals surface area contributed by atoms with Gasteiger partial charge in [-0.25, -0.2) is 4.39 Å². The van der Waals surface area contributed by atoms with Crippen molar-refractivity contribution in [3.05, 3.63) is 77.6 Å². The molecule has 1 N–H and O–H groups in total. The fourth-order valence-corrected chi connectivity index (χ4v) is 3.10. The van der Waals surface area contributed by atoms with Crippen LogP contribution in [0.3, 0.4) is 0 Å². The third-order valence-corrected chi connectivity index (χ3v) is 4.55. The van der Waals surface area contributed by atoms with Crippen LogP contribution in [-0.4, -0.2) is 6.61 Å². The molecule has 0 spiro atoms. The van der Waals surface area contributed by atoms with Crippen molar-refractivity contribution in [2.45, 2.75) is 39.3 Å². The summed E-state index contributed by atoms with van der Waals surface area (Å²) in [7, 11) is 0. The van der Waals surface area contributed by atoms with E-state index in [1.165, 1.54) is 41.3 Å². The fraction of sp³-hybridized carbons (Fsp3) is 0.304. The second kappa shape index (κ2) is 9.35. The van der Waals surface area contributed by atoms with Crippen LogP contribution in [-0.2, 0) is 13.1 Å². The van der Waals surface area contributed by atoms with Gasteiger partial charge in [-0.3, -0.25) is 0 Å². The van der Waals surface area contributed by atoms with Gasteiger partial charge in [0.2, 0.25) is 0 Å². The minimum atomic E-state index is -0.203. The molecule has 0 aliphatic heterocycles. The molecule has 2 nitrogen and oxygen atoms in total. The number of hydrogen-bond acceptors (Lipinski definition) is 2. The lowest BCUT2D eigenvalue weighted by molar-refractivity contribution is 0.303. The summed E-state index contributed by atoms with van der Waals surface area (Å²) < 4.78 is 19.1. The first-order valence-corrected chi connectivity index (χ1v) is 9.36. The van der Waals surface area contributed by atoms with Crippen LogP contribution in [0.15, 0.2) is 60.7 Å². The Hall–Kier alpha value is -2.39. The van der Waals surface area contributed by atoms with E-state index in [0.717, 1.165) is 24.3 Å². The number of unbranched alkanes of at least 4 members (excludes halogenated alkanes) is 2. The molecule has 3 heteroatoms. The smallest absolute Gasteiger partial charge is 0.124 e. The third kappa shape index (κ3) is 4.83. The molecule has 0 aliphatic carbocycles. The summed E-state index contributed by atoms with van der Waals surface area (Å²) in [6, 6.07) is 19.2. The number of hydrogen-bond donors (Lipinski definition) is 1. The Kier molecular flexibility index (Phi) is 6.62. The molecule has 26 heavy (non-hydrogen) atoms. The van der Waals surface area contributed by atoms with E-state index in [1.807, 2.05) is 12.1 Å². The van der Waals surface area contributed by atoms with Crippen molar-refractivity contribution in [3.8, 4) is 5.75 Å². The summed E-state index contributed by atoms with van der Waals surface area (Å²) in [6.07, 6.45) is 3.45. The maximum atomic E-state index is 13.0. The monoisotopic (exact) mass is 351 g/mol. The van der Waals surface area contributed by atoms with E-state index >= 15 is 0 Å². The van der Waals surface area contributed by atoms with Crippen LogP contribution >= 0.6 is 0 Å². The molecule has 3 rings (SSSR count). The first kappa shape index (κ1) is 18.4. The Balaban J connectivity index is 1.73. The zero-order chi connectivity index (χ0) is 18.2. The summed E-state index contributed by atoms with van der Waals surface area (Å²) in [5, 5.41) is 5.90. The molecule has 136 valence electrons. The van der Waals surface area contributed by atoms with Crippen molar-refractivity contribution in [3.63, 3.8) is 0 Å². The molecule has 0 heterocycles. The number of halogens is 1. The first-order chi connectivity index (χ1) is 12.8.